The predicted molar refractivity (Wildman–Crippen MR) is 77.1 cm³/mol. The molecule has 0 saturated heterocycles. The van der Waals surface area contributed by atoms with Crippen LogP contribution in [0, 0.1) is 11.7 Å². The summed E-state index contributed by atoms with van der Waals surface area (Å²) in [5.41, 5.74) is 0.286. The molecule has 1 aromatic carbocycles. The maximum absolute atomic E-state index is 13.1. The van der Waals surface area contributed by atoms with E-state index < -0.39 is 17.9 Å². The summed E-state index contributed by atoms with van der Waals surface area (Å²) in [6.07, 6.45) is -0.668. The van der Waals surface area contributed by atoms with Gasteiger partial charge in [0.25, 0.3) is 0 Å². The highest BCUT2D eigenvalue weighted by atomic mass is 35.5. The molecule has 1 aromatic rings. The summed E-state index contributed by atoms with van der Waals surface area (Å²) in [6.45, 7) is 9.34. The predicted octanol–water partition coefficient (Wildman–Crippen LogP) is 5.42. The quantitative estimate of drug-likeness (QED) is 0.538. The molecule has 108 valence electrons. The van der Waals surface area contributed by atoms with Gasteiger partial charge in [0.05, 0.1) is 5.02 Å². The van der Waals surface area contributed by atoms with Crippen molar-refractivity contribution < 1.29 is 13.9 Å². The van der Waals surface area contributed by atoms with Gasteiger partial charge in [0.2, 0.25) is 0 Å². The monoisotopic (exact) mass is 308 g/mol. The van der Waals surface area contributed by atoms with E-state index in [1.807, 2.05) is 0 Å². The third-order valence-corrected chi connectivity index (χ3v) is 2.54. The number of hydrogen-bond acceptors (Lipinski definition) is 2. The van der Waals surface area contributed by atoms with Crippen LogP contribution in [0.1, 0.15) is 46.3 Å². The van der Waals surface area contributed by atoms with Gasteiger partial charge in [0, 0.05) is 17.5 Å². The van der Waals surface area contributed by atoms with Gasteiger partial charge in [-0.15, -0.1) is 0 Å². The molecule has 0 aliphatic rings. The van der Waals surface area contributed by atoms with Gasteiger partial charge in [-0.25, -0.2) is 4.39 Å². The maximum Gasteiger partial charge on any atom is 0.303 e. The van der Waals surface area contributed by atoms with E-state index in [2.05, 4.69) is 20.8 Å². The number of ether oxygens (including phenoxy) is 1. The molecule has 0 amide bonds. The van der Waals surface area contributed by atoms with Crippen molar-refractivity contribution in [3.63, 3.8) is 0 Å². The SMILES string of the molecule is CC(=O)O[C@@H](C)c1c(Cl)ccc(F)c1Cl.CC(C)C. The number of rotatable bonds is 2. The van der Waals surface area contributed by atoms with Crippen molar-refractivity contribution in [2.45, 2.75) is 40.7 Å². The fourth-order valence-electron chi connectivity index (χ4n) is 1.22. The largest absolute Gasteiger partial charge is 0.458 e. The molecule has 0 fully saturated rings. The zero-order valence-corrected chi connectivity index (χ0v) is 13.3. The van der Waals surface area contributed by atoms with Gasteiger partial charge in [-0.1, -0.05) is 44.0 Å². The summed E-state index contributed by atoms with van der Waals surface area (Å²) < 4.78 is 18.0. The first kappa shape index (κ1) is 18.2. The van der Waals surface area contributed by atoms with Crippen molar-refractivity contribution >= 4 is 29.2 Å². The van der Waals surface area contributed by atoms with E-state index in [-0.39, 0.29) is 15.6 Å². The second-order valence-electron chi connectivity index (χ2n) is 4.74. The minimum atomic E-state index is -0.668. The van der Waals surface area contributed by atoms with Gasteiger partial charge in [-0.3, -0.25) is 4.79 Å². The zero-order chi connectivity index (χ0) is 15.2. The fraction of sp³-hybridized carbons (Fsp3) is 0.500. The highest BCUT2D eigenvalue weighted by Gasteiger charge is 2.18. The van der Waals surface area contributed by atoms with E-state index in [1.165, 1.54) is 13.0 Å². The number of halogens is 3. The van der Waals surface area contributed by atoms with Crippen LogP contribution >= 0.6 is 23.2 Å². The topological polar surface area (TPSA) is 26.3 Å². The molecule has 1 rings (SSSR count). The average molecular weight is 309 g/mol. The number of hydrogen-bond donors (Lipinski definition) is 0. The summed E-state index contributed by atoms with van der Waals surface area (Å²) in [5, 5.41) is 0.159. The molecule has 0 spiro atoms. The zero-order valence-electron chi connectivity index (χ0n) is 11.8. The van der Waals surface area contributed by atoms with Gasteiger partial charge < -0.3 is 4.74 Å². The Hall–Kier alpha value is -0.800. The molecule has 0 heterocycles. The summed E-state index contributed by atoms with van der Waals surface area (Å²) in [6, 6.07) is 2.53. The Kier molecular flexibility index (Phi) is 8.03. The third-order valence-electron chi connectivity index (χ3n) is 1.83. The van der Waals surface area contributed by atoms with E-state index in [1.54, 1.807) is 6.92 Å². The lowest BCUT2D eigenvalue weighted by Gasteiger charge is -2.15. The number of carbonyl (C=O) groups is 1. The van der Waals surface area contributed by atoms with Gasteiger partial charge in [-0.05, 0) is 25.0 Å². The van der Waals surface area contributed by atoms with Crippen molar-refractivity contribution in [1.82, 2.24) is 0 Å². The van der Waals surface area contributed by atoms with Crippen LogP contribution in [0.2, 0.25) is 10.0 Å². The van der Waals surface area contributed by atoms with E-state index >= 15 is 0 Å². The van der Waals surface area contributed by atoms with Crippen molar-refractivity contribution in [3.05, 3.63) is 33.6 Å². The lowest BCUT2D eigenvalue weighted by Crippen LogP contribution is -2.06. The average Bonchev–Trinajstić information content (AvgIpc) is 2.22. The van der Waals surface area contributed by atoms with Crippen molar-refractivity contribution in [2.75, 3.05) is 0 Å². The molecule has 5 heteroatoms. The molecular weight excluding hydrogens is 290 g/mol. The van der Waals surface area contributed by atoms with Crippen LogP contribution in [0.4, 0.5) is 4.39 Å². The maximum atomic E-state index is 13.1. The first-order valence-electron chi connectivity index (χ1n) is 5.97. The Bertz CT molecular complexity index is 431. The number of benzene rings is 1. The van der Waals surface area contributed by atoms with Gasteiger partial charge >= 0.3 is 5.97 Å². The molecule has 0 aliphatic carbocycles. The second kappa shape index (κ2) is 8.39. The molecule has 0 aromatic heterocycles. The lowest BCUT2D eigenvalue weighted by molar-refractivity contribution is -0.145. The smallest absolute Gasteiger partial charge is 0.303 e. The number of esters is 1. The Balaban J connectivity index is 0.000000711. The normalized spacial score (nSPS) is 11.6. The molecule has 0 bridgehead atoms. The Morgan fingerprint density at radius 1 is 1.21 bits per heavy atom. The molecule has 0 saturated carbocycles. The van der Waals surface area contributed by atoms with Crippen LogP contribution in [0.25, 0.3) is 0 Å². The third kappa shape index (κ3) is 6.79. The van der Waals surface area contributed by atoms with E-state index in [4.69, 9.17) is 27.9 Å². The summed E-state index contributed by atoms with van der Waals surface area (Å²) in [7, 11) is 0. The molecule has 2 nitrogen and oxygen atoms in total. The first-order valence-corrected chi connectivity index (χ1v) is 6.73. The van der Waals surface area contributed by atoms with E-state index in [9.17, 15) is 9.18 Å². The highest BCUT2D eigenvalue weighted by molar-refractivity contribution is 6.36. The second-order valence-corrected chi connectivity index (χ2v) is 5.53. The molecular formula is C14H19Cl2FO2. The lowest BCUT2D eigenvalue weighted by atomic mass is 10.1. The standard InChI is InChI=1S/C10H9Cl2FO2.C4H10/c1-5(15-6(2)14)9-7(11)3-4-8(13)10(9)12;1-4(2)3/h3-5H,1-2H3;4H,1-3H3/t5-;/m0./s1. The Morgan fingerprint density at radius 2 is 1.68 bits per heavy atom. The summed E-state index contributed by atoms with van der Waals surface area (Å²) >= 11 is 11.6. The van der Waals surface area contributed by atoms with Gasteiger partial charge in [0.1, 0.15) is 11.9 Å². The fourth-order valence-corrected chi connectivity index (χ4v) is 1.90. The Labute approximate surface area is 123 Å². The highest BCUT2D eigenvalue weighted by Crippen LogP contribution is 2.33. The Morgan fingerprint density at radius 3 is 2.11 bits per heavy atom. The van der Waals surface area contributed by atoms with Gasteiger partial charge in [-0.2, -0.15) is 0 Å². The van der Waals surface area contributed by atoms with Crippen LogP contribution in [0.5, 0.6) is 0 Å². The molecule has 19 heavy (non-hydrogen) atoms. The molecule has 1 atom stereocenters. The van der Waals surface area contributed by atoms with Gasteiger partial charge in [0.15, 0.2) is 0 Å². The van der Waals surface area contributed by atoms with E-state index in [0.29, 0.717) is 0 Å². The number of carbonyl (C=O) groups excluding carboxylic acids is 1. The van der Waals surface area contributed by atoms with Crippen LogP contribution in [0.15, 0.2) is 12.1 Å². The van der Waals surface area contributed by atoms with Crippen LogP contribution in [-0.2, 0) is 9.53 Å². The molecule has 0 unspecified atom stereocenters. The van der Waals surface area contributed by atoms with Crippen molar-refractivity contribution in [2.24, 2.45) is 5.92 Å². The summed E-state index contributed by atoms with van der Waals surface area (Å²) in [5.74, 6) is -0.228. The first-order chi connectivity index (χ1) is 8.66. The molecule has 0 radical (unpaired) electrons. The molecule has 0 N–H and O–H groups in total. The van der Waals surface area contributed by atoms with Crippen molar-refractivity contribution in [1.29, 1.82) is 0 Å². The minimum Gasteiger partial charge on any atom is -0.458 e. The minimum absolute atomic E-state index is 0.115. The summed E-state index contributed by atoms with van der Waals surface area (Å²) in [4.78, 5) is 10.7. The molecule has 0 aliphatic heterocycles. The van der Waals surface area contributed by atoms with Crippen LogP contribution < -0.4 is 0 Å². The van der Waals surface area contributed by atoms with E-state index in [0.717, 1.165) is 12.0 Å². The van der Waals surface area contributed by atoms with Crippen LogP contribution in [-0.4, -0.2) is 5.97 Å². The van der Waals surface area contributed by atoms with Crippen LogP contribution in [0.3, 0.4) is 0 Å². The van der Waals surface area contributed by atoms with Crippen molar-refractivity contribution in [3.8, 4) is 0 Å².